The summed E-state index contributed by atoms with van der Waals surface area (Å²) in [6.45, 7) is -0.355. The van der Waals surface area contributed by atoms with Crippen LogP contribution in [0.3, 0.4) is 0 Å². The van der Waals surface area contributed by atoms with Gasteiger partial charge in [-0.05, 0) is 18.2 Å². The number of urea groups is 1. The van der Waals surface area contributed by atoms with Crippen molar-refractivity contribution in [2.24, 2.45) is 7.05 Å². The van der Waals surface area contributed by atoms with Gasteiger partial charge in [-0.25, -0.2) is 14.3 Å². The highest BCUT2D eigenvalue weighted by molar-refractivity contribution is 6.31. The number of hydrogen-bond donors (Lipinski definition) is 2. The van der Waals surface area contributed by atoms with Gasteiger partial charge in [-0.3, -0.25) is 4.57 Å². The minimum absolute atomic E-state index is 0.122. The largest absolute Gasteiger partial charge is 0.495 e. The second kappa shape index (κ2) is 7.68. The molecule has 0 aliphatic carbocycles. The van der Waals surface area contributed by atoms with E-state index < -0.39 is 23.7 Å². The maximum absolute atomic E-state index is 12.7. The summed E-state index contributed by atoms with van der Waals surface area (Å²) in [5.74, 6) is -0.934. The van der Waals surface area contributed by atoms with Crippen LogP contribution in [0.15, 0.2) is 23.0 Å². The summed E-state index contributed by atoms with van der Waals surface area (Å²) in [4.78, 5) is 23.6. The molecule has 0 atom stereocenters. The van der Waals surface area contributed by atoms with E-state index >= 15 is 0 Å². The zero-order valence-electron chi connectivity index (χ0n) is 13.7. The Bertz CT molecular complexity index is 862. The molecule has 0 fully saturated rings. The van der Waals surface area contributed by atoms with Gasteiger partial charge in [0.2, 0.25) is 5.82 Å². The molecule has 0 aliphatic rings. The molecule has 0 aliphatic heterocycles. The first-order valence-corrected chi connectivity index (χ1v) is 7.60. The third kappa shape index (κ3) is 4.48. The molecule has 26 heavy (non-hydrogen) atoms. The summed E-state index contributed by atoms with van der Waals surface area (Å²) >= 11 is 5.85. The molecule has 0 spiro atoms. The fourth-order valence-corrected chi connectivity index (χ4v) is 2.27. The van der Waals surface area contributed by atoms with Crippen LogP contribution in [0.4, 0.5) is 23.7 Å². The van der Waals surface area contributed by atoms with Crippen LogP contribution in [0, 0.1) is 0 Å². The number of benzene rings is 1. The monoisotopic (exact) mass is 393 g/mol. The van der Waals surface area contributed by atoms with Crippen LogP contribution in [-0.4, -0.2) is 34.0 Å². The number of carbonyl (C=O) groups is 1. The van der Waals surface area contributed by atoms with Gasteiger partial charge in [0.1, 0.15) is 5.75 Å². The predicted octanol–water partition coefficient (Wildman–Crippen LogP) is 2.08. The molecule has 1 aromatic carbocycles. The van der Waals surface area contributed by atoms with E-state index in [0.29, 0.717) is 25.7 Å². The van der Waals surface area contributed by atoms with E-state index in [4.69, 9.17) is 16.3 Å². The second-order valence-electron chi connectivity index (χ2n) is 5.11. The van der Waals surface area contributed by atoms with Gasteiger partial charge in [0, 0.05) is 18.6 Å². The van der Waals surface area contributed by atoms with Crippen molar-refractivity contribution in [1.29, 1.82) is 0 Å². The molecular formula is C14H15ClF3N5O3. The Hall–Kier alpha value is -2.69. The number of anilines is 1. The van der Waals surface area contributed by atoms with E-state index in [1.807, 2.05) is 0 Å². The Morgan fingerprint density at radius 3 is 2.65 bits per heavy atom. The number of nitrogens with zero attached hydrogens (tertiary/aromatic N) is 3. The van der Waals surface area contributed by atoms with Crippen molar-refractivity contribution >= 4 is 23.3 Å². The Morgan fingerprint density at radius 1 is 1.38 bits per heavy atom. The van der Waals surface area contributed by atoms with E-state index in [1.165, 1.54) is 13.2 Å². The van der Waals surface area contributed by atoms with Crippen molar-refractivity contribution in [3.63, 3.8) is 0 Å². The topological polar surface area (TPSA) is 90.2 Å². The number of alkyl halides is 3. The van der Waals surface area contributed by atoms with E-state index in [2.05, 4.69) is 15.7 Å². The van der Waals surface area contributed by atoms with Crippen molar-refractivity contribution < 1.29 is 22.7 Å². The summed E-state index contributed by atoms with van der Waals surface area (Å²) in [7, 11) is 2.39. The van der Waals surface area contributed by atoms with Crippen molar-refractivity contribution in [1.82, 2.24) is 19.7 Å². The zero-order chi connectivity index (χ0) is 19.5. The second-order valence-corrected chi connectivity index (χ2v) is 5.55. The summed E-state index contributed by atoms with van der Waals surface area (Å²) in [6.07, 6.45) is -4.74. The summed E-state index contributed by atoms with van der Waals surface area (Å²) in [5, 5.41) is 8.51. The molecule has 12 heteroatoms. The molecule has 1 aromatic heterocycles. The lowest BCUT2D eigenvalue weighted by molar-refractivity contribution is -0.147. The fourth-order valence-electron chi connectivity index (χ4n) is 2.10. The number of amides is 2. The van der Waals surface area contributed by atoms with Crippen LogP contribution in [-0.2, 0) is 19.8 Å². The summed E-state index contributed by atoms with van der Waals surface area (Å²) < 4.78 is 44.2. The molecule has 2 rings (SSSR count). The number of ether oxygens (including phenoxy) is 1. The highest BCUT2D eigenvalue weighted by Gasteiger charge is 2.37. The van der Waals surface area contributed by atoms with Crippen LogP contribution in [0.25, 0.3) is 0 Å². The molecule has 1 heterocycles. The van der Waals surface area contributed by atoms with Crippen LogP contribution in [0.1, 0.15) is 5.82 Å². The number of hydrogen-bond acceptors (Lipinski definition) is 4. The van der Waals surface area contributed by atoms with Crippen molar-refractivity contribution in [2.75, 3.05) is 19.0 Å². The first-order chi connectivity index (χ1) is 12.1. The molecule has 8 nitrogen and oxygen atoms in total. The quantitative estimate of drug-likeness (QED) is 0.814. The number of halogens is 4. The molecule has 0 saturated carbocycles. The van der Waals surface area contributed by atoms with Crippen LogP contribution >= 0.6 is 11.6 Å². The Kier molecular flexibility index (Phi) is 5.80. The molecule has 2 N–H and O–H groups in total. The molecule has 2 amide bonds. The number of rotatable bonds is 5. The first-order valence-electron chi connectivity index (χ1n) is 7.23. The Labute approximate surface area is 150 Å². The third-order valence-electron chi connectivity index (χ3n) is 3.31. The molecule has 142 valence electrons. The van der Waals surface area contributed by atoms with Crippen molar-refractivity contribution in [2.45, 2.75) is 12.7 Å². The van der Waals surface area contributed by atoms with Gasteiger partial charge in [0.15, 0.2) is 0 Å². The molecule has 0 saturated heterocycles. The summed E-state index contributed by atoms with van der Waals surface area (Å²) in [6, 6.07) is 3.96. The lowest BCUT2D eigenvalue weighted by Gasteiger charge is -2.11. The van der Waals surface area contributed by atoms with Gasteiger partial charge in [-0.15, -0.1) is 5.10 Å². The minimum Gasteiger partial charge on any atom is -0.495 e. The van der Waals surface area contributed by atoms with Crippen molar-refractivity contribution in [3.8, 4) is 5.75 Å². The average Bonchev–Trinajstić information content (AvgIpc) is 2.83. The van der Waals surface area contributed by atoms with E-state index in [0.717, 1.165) is 7.05 Å². The van der Waals surface area contributed by atoms with Gasteiger partial charge in [0.25, 0.3) is 0 Å². The standard InChI is InChI=1S/C14H15ClF3N5O3/c1-22-11(14(16,17)18)21-23(13(22)25)6-5-19-12(24)20-9-7-8(15)3-4-10(9)26-2/h3-4,7H,5-6H2,1-2H3,(H2,19,20,24). The minimum atomic E-state index is -4.74. The number of aromatic nitrogens is 3. The van der Waals surface area contributed by atoms with E-state index in [9.17, 15) is 22.8 Å². The first kappa shape index (κ1) is 19.6. The molecule has 0 radical (unpaired) electrons. The van der Waals surface area contributed by atoms with E-state index in [1.54, 1.807) is 12.1 Å². The molecule has 0 unspecified atom stereocenters. The zero-order valence-corrected chi connectivity index (χ0v) is 14.5. The van der Waals surface area contributed by atoms with Crippen molar-refractivity contribution in [3.05, 3.63) is 39.5 Å². The van der Waals surface area contributed by atoms with Crippen LogP contribution in [0.5, 0.6) is 5.75 Å². The Morgan fingerprint density at radius 2 is 2.08 bits per heavy atom. The lowest BCUT2D eigenvalue weighted by Crippen LogP contribution is -2.34. The molecule has 2 aromatic rings. The molecule has 0 bridgehead atoms. The highest BCUT2D eigenvalue weighted by atomic mass is 35.5. The third-order valence-corrected chi connectivity index (χ3v) is 3.55. The fraction of sp³-hybridized carbons (Fsp3) is 0.357. The van der Waals surface area contributed by atoms with Crippen LogP contribution in [0.2, 0.25) is 5.02 Å². The SMILES string of the molecule is COc1ccc(Cl)cc1NC(=O)NCCn1nc(C(F)(F)F)n(C)c1=O. The highest BCUT2D eigenvalue weighted by Crippen LogP contribution is 2.27. The normalized spacial score (nSPS) is 11.3. The number of carbonyl (C=O) groups excluding carboxylic acids is 1. The van der Waals surface area contributed by atoms with Gasteiger partial charge in [0.05, 0.1) is 19.3 Å². The van der Waals surface area contributed by atoms with E-state index in [-0.39, 0.29) is 13.1 Å². The van der Waals surface area contributed by atoms with Crippen LogP contribution < -0.4 is 21.1 Å². The predicted molar refractivity (Wildman–Crippen MR) is 87.5 cm³/mol. The summed E-state index contributed by atoms with van der Waals surface area (Å²) in [5.41, 5.74) is -0.622. The van der Waals surface area contributed by atoms with Gasteiger partial charge >= 0.3 is 17.9 Å². The van der Waals surface area contributed by atoms with Gasteiger partial charge in [-0.1, -0.05) is 11.6 Å². The molecular weight excluding hydrogens is 379 g/mol. The maximum atomic E-state index is 12.7. The van der Waals surface area contributed by atoms with Gasteiger partial charge in [-0.2, -0.15) is 13.2 Å². The van der Waals surface area contributed by atoms with Gasteiger partial charge < -0.3 is 15.4 Å². The smallest absolute Gasteiger partial charge is 0.451 e. The Balaban J connectivity index is 1.98. The number of nitrogens with one attached hydrogen (secondary N) is 2. The lowest BCUT2D eigenvalue weighted by atomic mass is 10.3. The maximum Gasteiger partial charge on any atom is 0.451 e. The average molecular weight is 394 g/mol. The number of methoxy groups -OCH3 is 1.